The molecule has 1 saturated heterocycles. The maximum absolute atomic E-state index is 11.9. The van der Waals surface area contributed by atoms with E-state index < -0.39 is 36.9 Å². The largest absolute Gasteiger partial charge is 0.445 e. The third-order valence-electron chi connectivity index (χ3n) is 4.04. The van der Waals surface area contributed by atoms with E-state index in [0.29, 0.717) is 6.42 Å². The van der Waals surface area contributed by atoms with Crippen LogP contribution in [0.2, 0.25) is 0 Å². The fraction of sp³-hybridized carbons (Fsp3) is 0.875. The first-order valence-electron chi connectivity index (χ1n) is 8.25. The summed E-state index contributed by atoms with van der Waals surface area (Å²) >= 11 is 0. The maximum atomic E-state index is 11.9. The summed E-state index contributed by atoms with van der Waals surface area (Å²) in [6.07, 6.45) is 7.76. The summed E-state index contributed by atoms with van der Waals surface area (Å²) in [5.41, 5.74) is -1.59. The fourth-order valence-corrected chi connectivity index (χ4v) is 2.57. The van der Waals surface area contributed by atoms with E-state index in [-0.39, 0.29) is 6.42 Å². The number of carbonyl (C=O) groups excluding carboxylic acids is 2. The summed E-state index contributed by atoms with van der Waals surface area (Å²) in [4.78, 5) is 23.5. The summed E-state index contributed by atoms with van der Waals surface area (Å²) in [6, 6.07) is 0. The van der Waals surface area contributed by atoms with Crippen LogP contribution in [0.3, 0.4) is 0 Å². The number of esters is 2. The Bertz CT molecular complexity index is 357. The molecule has 0 saturated carbocycles. The van der Waals surface area contributed by atoms with Gasteiger partial charge in [0, 0.05) is 6.42 Å². The molecule has 0 radical (unpaired) electrons. The van der Waals surface area contributed by atoms with Crippen LogP contribution in [0.15, 0.2) is 0 Å². The Morgan fingerprint density at radius 1 is 1.00 bits per heavy atom. The predicted molar refractivity (Wildman–Crippen MR) is 80.1 cm³/mol. The van der Waals surface area contributed by atoms with Crippen molar-refractivity contribution in [3.05, 3.63) is 0 Å². The van der Waals surface area contributed by atoms with Gasteiger partial charge in [-0.1, -0.05) is 51.9 Å². The Hall–Kier alpha value is -1.14. The van der Waals surface area contributed by atoms with Crippen LogP contribution in [0, 0.1) is 0 Å². The first-order chi connectivity index (χ1) is 10.6. The lowest BCUT2D eigenvalue weighted by molar-refractivity contribution is -0.219. The number of ether oxygens (including phenoxy) is 2. The Balaban J connectivity index is 2.32. The zero-order valence-electron chi connectivity index (χ0n) is 13.4. The Morgan fingerprint density at radius 2 is 1.59 bits per heavy atom. The minimum absolute atomic E-state index is 0.251. The van der Waals surface area contributed by atoms with E-state index in [1.807, 2.05) is 0 Å². The number of hydrogen-bond acceptors (Lipinski definition) is 6. The van der Waals surface area contributed by atoms with Crippen molar-refractivity contribution in [1.82, 2.24) is 0 Å². The lowest BCUT2D eigenvalue weighted by Crippen LogP contribution is -2.56. The topological polar surface area (TPSA) is 93.1 Å². The highest BCUT2D eigenvalue weighted by atomic mass is 16.7. The van der Waals surface area contributed by atoms with E-state index in [1.54, 1.807) is 0 Å². The molecule has 1 aliphatic heterocycles. The number of unbranched alkanes of at least 4 members (excludes halogenated alkanes) is 7. The molecule has 2 unspecified atom stereocenters. The first kappa shape index (κ1) is 18.9. The van der Waals surface area contributed by atoms with Gasteiger partial charge in [0.1, 0.15) is 0 Å². The van der Waals surface area contributed by atoms with Gasteiger partial charge in [0.2, 0.25) is 11.7 Å². The van der Waals surface area contributed by atoms with Crippen LogP contribution in [0.1, 0.15) is 64.7 Å². The van der Waals surface area contributed by atoms with Crippen LogP contribution in [-0.2, 0) is 19.1 Å². The smallest absolute Gasteiger partial charge is 0.354 e. The molecule has 0 aromatic rings. The monoisotopic (exact) mass is 316 g/mol. The van der Waals surface area contributed by atoms with Crippen molar-refractivity contribution in [2.45, 2.75) is 76.4 Å². The van der Waals surface area contributed by atoms with Crippen molar-refractivity contribution in [3.63, 3.8) is 0 Å². The van der Waals surface area contributed by atoms with Crippen LogP contribution in [0.25, 0.3) is 0 Å². The molecule has 22 heavy (non-hydrogen) atoms. The summed E-state index contributed by atoms with van der Waals surface area (Å²) in [5, 5.41) is 18.4. The van der Waals surface area contributed by atoms with Gasteiger partial charge < -0.3 is 19.7 Å². The molecular formula is C16H28O6. The summed E-state index contributed by atoms with van der Waals surface area (Å²) in [6.45, 7) is 0.982. The van der Waals surface area contributed by atoms with E-state index in [4.69, 9.17) is 14.6 Å². The van der Waals surface area contributed by atoms with Crippen molar-refractivity contribution in [2.75, 3.05) is 13.2 Å². The molecule has 2 atom stereocenters. The fourth-order valence-electron chi connectivity index (χ4n) is 2.57. The molecular weight excluding hydrogens is 288 g/mol. The van der Waals surface area contributed by atoms with Gasteiger partial charge in [-0.25, -0.2) is 9.59 Å². The molecule has 2 N–H and O–H groups in total. The Kier molecular flexibility index (Phi) is 8.42. The van der Waals surface area contributed by atoms with Crippen molar-refractivity contribution >= 4 is 11.9 Å². The molecule has 6 heteroatoms. The molecule has 0 spiro atoms. The zero-order chi connectivity index (χ0) is 16.4. The van der Waals surface area contributed by atoms with E-state index in [0.717, 1.165) is 19.3 Å². The average molecular weight is 316 g/mol. The van der Waals surface area contributed by atoms with E-state index in [9.17, 15) is 14.7 Å². The second-order valence-corrected chi connectivity index (χ2v) is 5.87. The highest BCUT2D eigenvalue weighted by Crippen LogP contribution is 2.27. The summed E-state index contributed by atoms with van der Waals surface area (Å²) < 4.78 is 9.93. The van der Waals surface area contributed by atoms with E-state index in [1.165, 1.54) is 25.7 Å². The molecule has 1 rings (SSSR count). The highest BCUT2D eigenvalue weighted by Gasteiger charge is 2.50. The minimum atomic E-state index is -1.59. The lowest BCUT2D eigenvalue weighted by Gasteiger charge is -2.35. The van der Waals surface area contributed by atoms with Gasteiger partial charge in [-0.2, -0.15) is 0 Å². The van der Waals surface area contributed by atoms with Crippen LogP contribution in [0.5, 0.6) is 0 Å². The van der Waals surface area contributed by atoms with E-state index in [2.05, 4.69) is 6.92 Å². The molecule has 1 aliphatic rings. The zero-order valence-corrected chi connectivity index (χ0v) is 13.4. The van der Waals surface area contributed by atoms with Gasteiger partial charge in [-0.3, -0.25) is 0 Å². The van der Waals surface area contributed by atoms with Crippen LogP contribution in [0.4, 0.5) is 0 Å². The predicted octanol–water partition coefficient (Wildman–Crippen LogP) is 1.71. The molecule has 0 aromatic carbocycles. The second kappa shape index (κ2) is 9.79. The second-order valence-electron chi connectivity index (χ2n) is 5.87. The number of rotatable bonds is 11. The third-order valence-corrected chi connectivity index (χ3v) is 4.04. The number of carbonyl (C=O) groups is 2. The van der Waals surface area contributed by atoms with Crippen molar-refractivity contribution in [3.8, 4) is 0 Å². The SMILES string of the molecule is CCCCCCCCCCC1(CO)OC(=O)C(CO)OC1=O. The molecule has 0 bridgehead atoms. The summed E-state index contributed by atoms with van der Waals surface area (Å²) in [5.74, 6) is -1.56. The van der Waals surface area contributed by atoms with Crippen molar-refractivity contribution in [1.29, 1.82) is 0 Å². The van der Waals surface area contributed by atoms with E-state index >= 15 is 0 Å². The number of aliphatic hydroxyl groups excluding tert-OH is 2. The van der Waals surface area contributed by atoms with Crippen LogP contribution >= 0.6 is 0 Å². The standard InChI is InChI=1S/C16H28O6/c1-2-3-4-5-6-7-8-9-10-16(12-18)15(20)21-13(11-17)14(19)22-16/h13,17-18H,2-12H2,1H3. The first-order valence-corrected chi connectivity index (χ1v) is 8.25. The molecule has 0 aliphatic carbocycles. The van der Waals surface area contributed by atoms with Crippen molar-refractivity contribution < 1.29 is 29.3 Å². The molecule has 128 valence electrons. The highest BCUT2D eigenvalue weighted by molar-refractivity contribution is 5.90. The van der Waals surface area contributed by atoms with Crippen LogP contribution in [-0.4, -0.2) is 47.1 Å². The molecule has 1 fully saturated rings. The summed E-state index contributed by atoms with van der Waals surface area (Å²) in [7, 11) is 0. The van der Waals surface area contributed by atoms with Gasteiger partial charge in [0.05, 0.1) is 13.2 Å². The molecule has 0 aromatic heterocycles. The Labute approximate surface area is 131 Å². The molecule has 1 heterocycles. The maximum Gasteiger partial charge on any atom is 0.354 e. The molecule has 6 nitrogen and oxygen atoms in total. The van der Waals surface area contributed by atoms with Gasteiger partial charge in [-0.15, -0.1) is 0 Å². The van der Waals surface area contributed by atoms with Crippen LogP contribution < -0.4 is 0 Å². The van der Waals surface area contributed by atoms with Gasteiger partial charge in [-0.05, 0) is 6.42 Å². The third kappa shape index (κ3) is 5.25. The van der Waals surface area contributed by atoms with Gasteiger partial charge >= 0.3 is 11.9 Å². The number of aliphatic hydroxyl groups is 2. The number of cyclic esters (lactones) is 2. The quantitative estimate of drug-likeness (QED) is 0.445. The lowest BCUT2D eigenvalue weighted by atomic mass is 9.95. The Morgan fingerprint density at radius 3 is 2.14 bits per heavy atom. The van der Waals surface area contributed by atoms with Gasteiger partial charge in [0.25, 0.3) is 0 Å². The van der Waals surface area contributed by atoms with Gasteiger partial charge in [0.15, 0.2) is 0 Å². The van der Waals surface area contributed by atoms with Crippen molar-refractivity contribution in [2.24, 2.45) is 0 Å². The average Bonchev–Trinajstić information content (AvgIpc) is 2.52. The minimum Gasteiger partial charge on any atom is -0.445 e. The normalized spacial score (nSPS) is 25.0. The molecule has 0 amide bonds. The number of hydrogen-bond donors (Lipinski definition) is 2.